The molecule has 2 amide bonds. The number of sulfonamides is 1. The summed E-state index contributed by atoms with van der Waals surface area (Å²) in [4.78, 5) is 26.5. The number of rotatable bonds is 8. The van der Waals surface area contributed by atoms with Crippen molar-refractivity contribution < 1.29 is 22.4 Å². The zero-order valence-corrected chi connectivity index (χ0v) is 17.3. The van der Waals surface area contributed by atoms with E-state index in [0.717, 1.165) is 22.2 Å². The van der Waals surface area contributed by atoms with Gasteiger partial charge in [0.15, 0.2) is 0 Å². The molecule has 0 aromatic heterocycles. The predicted octanol–water partition coefficient (Wildman–Crippen LogP) is 1.75. The van der Waals surface area contributed by atoms with E-state index >= 15 is 0 Å². The fourth-order valence-corrected chi connectivity index (χ4v) is 3.66. The highest BCUT2D eigenvalue weighted by molar-refractivity contribution is 7.92. The minimum Gasteiger partial charge on any atom is -0.357 e. The number of halogens is 1. The lowest BCUT2D eigenvalue weighted by Crippen LogP contribution is -2.50. The van der Waals surface area contributed by atoms with Crippen LogP contribution in [0.4, 0.5) is 10.1 Å². The van der Waals surface area contributed by atoms with Crippen molar-refractivity contribution in [1.29, 1.82) is 0 Å². The Balaban J connectivity index is 2.36. The summed E-state index contributed by atoms with van der Waals surface area (Å²) in [5.74, 6) is -1.59. The van der Waals surface area contributed by atoms with Crippen molar-refractivity contribution in [3.8, 4) is 0 Å². The molecule has 0 spiro atoms. The molecule has 0 fully saturated rings. The first-order chi connectivity index (χ1) is 13.6. The maximum Gasteiger partial charge on any atom is 0.244 e. The quantitative estimate of drug-likeness (QED) is 0.704. The van der Waals surface area contributed by atoms with Crippen LogP contribution in [-0.4, -0.2) is 51.0 Å². The lowest BCUT2D eigenvalue weighted by atomic mass is 10.1. The van der Waals surface area contributed by atoms with E-state index in [4.69, 9.17) is 0 Å². The normalized spacial score (nSPS) is 12.1. The topological polar surface area (TPSA) is 86.8 Å². The second kappa shape index (κ2) is 9.51. The zero-order valence-electron chi connectivity index (χ0n) is 16.5. The molecule has 0 saturated carbocycles. The minimum atomic E-state index is -3.87. The molecule has 2 rings (SSSR count). The van der Waals surface area contributed by atoms with Crippen LogP contribution in [0.1, 0.15) is 12.5 Å². The third-order valence-electron chi connectivity index (χ3n) is 4.38. The molecule has 7 nitrogen and oxygen atoms in total. The highest BCUT2D eigenvalue weighted by Gasteiger charge is 2.29. The fraction of sp³-hybridized carbons (Fsp3) is 0.300. The van der Waals surface area contributed by atoms with Crippen molar-refractivity contribution in [3.05, 3.63) is 66.0 Å². The smallest absolute Gasteiger partial charge is 0.244 e. The maximum absolute atomic E-state index is 13.6. The molecule has 0 heterocycles. The summed E-state index contributed by atoms with van der Waals surface area (Å²) >= 11 is 0. The molecule has 0 aliphatic heterocycles. The second-order valence-electron chi connectivity index (χ2n) is 6.55. The molecular formula is C20H24FN3O4S. The average Bonchev–Trinajstić information content (AvgIpc) is 2.68. The van der Waals surface area contributed by atoms with Crippen LogP contribution in [0.25, 0.3) is 0 Å². The number of carbonyl (C=O) groups is 2. The van der Waals surface area contributed by atoms with Crippen LogP contribution in [0.15, 0.2) is 54.6 Å². The number of nitrogens with zero attached hydrogens (tertiary/aromatic N) is 2. The summed E-state index contributed by atoms with van der Waals surface area (Å²) in [6, 6.07) is 13.2. The molecule has 0 aliphatic rings. The van der Waals surface area contributed by atoms with E-state index in [0.29, 0.717) is 0 Å². The molecule has 0 radical (unpaired) electrons. The molecule has 2 aromatic carbocycles. The SMILES string of the molecule is CNC(=O)[C@H](C)N(Cc1ccccc1)C(=O)CN(c1cccc(F)c1)S(C)(=O)=O. The first kappa shape index (κ1) is 22.4. The van der Waals surface area contributed by atoms with E-state index in [-0.39, 0.29) is 18.1 Å². The van der Waals surface area contributed by atoms with E-state index in [2.05, 4.69) is 5.32 Å². The van der Waals surface area contributed by atoms with Gasteiger partial charge in [0.1, 0.15) is 18.4 Å². The molecule has 0 saturated heterocycles. The molecule has 156 valence electrons. The van der Waals surface area contributed by atoms with Crippen LogP contribution in [0.5, 0.6) is 0 Å². The third-order valence-corrected chi connectivity index (χ3v) is 5.53. The van der Waals surface area contributed by atoms with Gasteiger partial charge in [0.05, 0.1) is 11.9 Å². The van der Waals surface area contributed by atoms with Crippen LogP contribution in [-0.2, 0) is 26.2 Å². The molecule has 2 aromatic rings. The number of hydrogen-bond acceptors (Lipinski definition) is 4. The predicted molar refractivity (Wildman–Crippen MR) is 109 cm³/mol. The van der Waals surface area contributed by atoms with Gasteiger partial charge >= 0.3 is 0 Å². The van der Waals surface area contributed by atoms with Crippen LogP contribution >= 0.6 is 0 Å². The number of anilines is 1. The fourth-order valence-electron chi connectivity index (χ4n) is 2.82. The minimum absolute atomic E-state index is 0.0353. The Morgan fingerprint density at radius 1 is 1.10 bits per heavy atom. The Kier molecular flexibility index (Phi) is 7.33. The van der Waals surface area contributed by atoms with Gasteiger partial charge in [-0.05, 0) is 30.7 Å². The number of amides is 2. The Morgan fingerprint density at radius 3 is 2.31 bits per heavy atom. The van der Waals surface area contributed by atoms with Gasteiger partial charge in [-0.15, -0.1) is 0 Å². The summed E-state index contributed by atoms with van der Waals surface area (Å²) < 4.78 is 39.0. The molecule has 0 aliphatic carbocycles. The lowest BCUT2D eigenvalue weighted by molar-refractivity contribution is -0.139. The Labute approximate surface area is 170 Å². The van der Waals surface area contributed by atoms with Crippen molar-refractivity contribution in [3.63, 3.8) is 0 Å². The molecule has 29 heavy (non-hydrogen) atoms. The van der Waals surface area contributed by atoms with Crippen molar-refractivity contribution in [2.24, 2.45) is 0 Å². The Morgan fingerprint density at radius 2 is 1.76 bits per heavy atom. The highest BCUT2D eigenvalue weighted by atomic mass is 32.2. The van der Waals surface area contributed by atoms with E-state index < -0.39 is 34.3 Å². The number of carbonyl (C=O) groups excluding carboxylic acids is 2. The van der Waals surface area contributed by atoms with Crippen LogP contribution in [0.3, 0.4) is 0 Å². The van der Waals surface area contributed by atoms with E-state index in [1.54, 1.807) is 31.2 Å². The van der Waals surface area contributed by atoms with E-state index in [9.17, 15) is 22.4 Å². The van der Waals surface area contributed by atoms with Gasteiger partial charge in [-0.3, -0.25) is 13.9 Å². The largest absolute Gasteiger partial charge is 0.357 e. The molecular weight excluding hydrogens is 397 g/mol. The van der Waals surface area contributed by atoms with E-state index in [1.165, 1.54) is 30.1 Å². The van der Waals surface area contributed by atoms with Gasteiger partial charge in [-0.1, -0.05) is 36.4 Å². The highest BCUT2D eigenvalue weighted by Crippen LogP contribution is 2.20. The summed E-state index contributed by atoms with van der Waals surface area (Å²) in [6.45, 7) is 1.12. The standard InChI is InChI=1S/C20H24FN3O4S/c1-15(20(26)22-2)23(13-16-8-5-4-6-9-16)19(25)14-24(29(3,27)28)18-11-7-10-17(21)12-18/h4-12,15H,13-14H2,1-3H3,(H,22,26)/t15-/m0/s1. The third kappa shape index (κ3) is 6.02. The second-order valence-corrected chi connectivity index (χ2v) is 8.45. The summed E-state index contributed by atoms with van der Waals surface area (Å²) in [6.07, 6.45) is 0.939. The lowest BCUT2D eigenvalue weighted by Gasteiger charge is -2.31. The van der Waals surface area contributed by atoms with Gasteiger partial charge in [0.25, 0.3) is 0 Å². The van der Waals surface area contributed by atoms with Crippen LogP contribution < -0.4 is 9.62 Å². The number of likely N-dealkylation sites (N-methyl/N-ethyl adjacent to an activating group) is 1. The van der Waals surface area contributed by atoms with Gasteiger partial charge in [-0.2, -0.15) is 0 Å². The van der Waals surface area contributed by atoms with Crippen molar-refractivity contribution in [1.82, 2.24) is 10.2 Å². The monoisotopic (exact) mass is 421 g/mol. The van der Waals surface area contributed by atoms with Crippen molar-refractivity contribution in [2.45, 2.75) is 19.5 Å². The van der Waals surface area contributed by atoms with Gasteiger partial charge in [0, 0.05) is 13.6 Å². The van der Waals surface area contributed by atoms with Crippen LogP contribution in [0.2, 0.25) is 0 Å². The summed E-state index contributed by atoms with van der Waals surface area (Å²) in [5.41, 5.74) is 0.821. The van der Waals surface area contributed by atoms with Gasteiger partial charge in [-0.25, -0.2) is 12.8 Å². The van der Waals surface area contributed by atoms with Gasteiger partial charge in [0.2, 0.25) is 21.8 Å². The molecule has 9 heteroatoms. The Bertz CT molecular complexity index is 967. The first-order valence-corrected chi connectivity index (χ1v) is 10.8. The van der Waals surface area contributed by atoms with Crippen LogP contribution in [0, 0.1) is 5.82 Å². The summed E-state index contributed by atoms with van der Waals surface area (Å²) in [5, 5.41) is 2.49. The molecule has 1 N–H and O–H groups in total. The average molecular weight is 421 g/mol. The Hall–Kier alpha value is -2.94. The first-order valence-electron chi connectivity index (χ1n) is 8.91. The maximum atomic E-state index is 13.6. The number of nitrogens with one attached hydrogen (secondary N) is 1. The molecule has 0 unspecified atom stereocenters. The summed E-state index contributed by atoms with van der Waals surface area (Å²) in [7, 11) is -2.41. The molecule has 1 atom stereocenters. The number of hydrogen-bond donors (Lipinski definition) is 1. The van der Waals surface area contributed by atoms with Gasteiger partial charge < -0.3 is 10.2 Å². The van der Waals surface area contributed by atoms with E-state index in [1.807, 2.05) is 6.07 Å². The van der Waals surface area contributed by atoms with Crippen molar-refractivity contribution in [2.75, 3.05) is 24.2 Å². The zero-order chi connectivity index (χ0) is 21.6. The number of benzene rings is 2. The van der Waals surface area contributed by atoms with Crippen molar-refractivity contribution >= 4 is 27.5 Å². The molecule has 0 bridgehead atoms.